The predicted molar refractivity (Wildman–Crippen MR) is 85.9 cm³/mol. The summed E-state index contributed by atoms with van der Waals surface area (Å²) in [5.74, 6) is -0.259. The number of ether oxygens (including phenoxy) is 1. The van der Waals surface area contributed by atoms with Crippen molar-refractivity contribution >= 4 is 12.0 Å². The second-order valence-corrected chi connectivity index (χ2v) is 5.65. The zero-order valence-electron chi connectivity index (χ0n) is 12.8. The molecule has 1 fully saturated rings. The van der Waals surface area contributed by atoms with E-state index in [4.69, 9.17) is 4.74 Å². The van der Waals surface area contributed by atoms with Gasteiger partial charge >= 0.3 is 5.97 Å². The van der Waals surface area contributed by atoms with Crippen LogP contribution in [-0.4, -0.2) is 36.6 Å². The SMILES string of the molecule is CC1CCCCN1CCCOC(=O)/C=C/c1ccccc1. The molecule has 0 spiro atoms. The van der Waals surface area contributed by atoms with Crippen LogP contribution < -0.4 is 0 Å². The Hall–Kier alpha value is -1.61. The molecule has 2 rings (SSSR count). The Kier molecular flexibility index (Phi) is 6.48. The van der Waals surface area contributed by atoms with Crippen molar-refractivity contribution in [3.63, 3.8) is 0 Å². The fraction of sp³-hybridized carbons (Fsp3) is 0.500. The van der Waals surface area contributed by atoms with E-state index in [9.17, 15) is 4.79 Å². The summed E-state index contributed by atoms with van der Waals surface area (Å²) >= 11 is 0. The maximum Gasteiger partial charge on any atom is 0.330 e. The third-order valence-corrected chi connectivity index (χ3v) is 3.99. The highest BCUT2D eigenvalue weighted by Gasteiger charge is 2.17. The molecule has 0 radical (unpaired) electrons. The van der Waals surface area contributed by atoms with Gasteiger partial charge in [0.25, 0.3) is 0 Å². The summed E-state index contributed by atoms with van der Waals surface area (Å²) in [7, 11) is 0. The molecule has 1 saturated heterocycles. The van der Waals surface area contributed by atoms with E-state index in [1.165, 1.54) is 31.9 Å². The molecule has 1 aliphatic rings. The van der Waals surface area contributed by atoms with Crippen LogP contribution in [-0.2, 0) is 9.53 Å². The van der Waals surface area contributed by atoms with Crippen molar-refractivity contribution in [3.05, 3.63) is 42.0 Å². The van der Waals surface area contributed by atoms with Crippen LogP contribution in [0.2, 0.25) is 0 Å². The van der Waals surface area contributed by atoms with Crippen molar-refractivity contribution in [2.24, 2.45) is 0 Å². The number of carbonyl (C=O) groups excluding carboxylic acids is 1. The monoisotopic (exact) mass is 287 g/mol. The summed E-state index contributed by atoms with van der Waals surface area (Å²) in [6.07, 6.45) is 8.13. The molecule has 1 aliphatic heterocycles. The fourth-order valence-corrected chi connectivity index (χ4v) is 2.71. The molecule has 114 valence electrons. The molecule has 3 nitrogen and oxygen atoms in total. The van der Waals surface area contributed by atoms with Gasteiger partial charge in [-0.25, -0.2) is 4.79 Å². The third kappa shape index (κ3) is 5.72. The summed E-state index contributed by atoms with van der Waals surface area (Å²) in [4.78, 5) is 14.1. The fourth-order valence-electron chi connectivity index (χ4n) is 2.71. The Morgan fingerprint density at radius 3 is 2.90 bits per heavy atom. The number of likely N-dealkylation sites (tertiary alicyclic amines) is 1. The maximum absolute atomic E-state index is 11.6. The van der Waals surface area contributed by atoms with Gasteiger partial charge in [0.2, 0.25) is 0 Å². The molecule has 0 amide bonds. The number of hydrogen-bond donors (Lipinski definition) is 0. The number of carbonyl (C=O) groups is 1. The number of rotatable bonds is 6. The highest BCUT2D eigenvalue weighted by atomic mass is 16.5. The lowest BCUT2D eigenvalue weighted by Gasteiger charge is -2.33. The van der Waals surface area contributed by atoms with E-state index in [0.29, 0.717) is 12.6 Å². The van der Waals surface area contributed by atoms with Crippen LogP contribution in [0.4, 0.5) is 0 Å². The molecule has 1 aromatic rings. The zero-order chi connectivity index (χ0) is 14.9. The second kappa shape index (κ2) is 8.63. The van der Waals surface area contributed by atoms with Gasteiger partial charge in [-0.1, -0.05) is 36.8 Å². The van der Waals surface area contributed by atoms with Crippen LogP contribution >= 0.6 is 0 Å². The highest BCUT2D eigenvalue weighted by molar-refractivity contribution is 5.86. The number of nitrogens with zero attached hydrogens (tertiary/aromatic N) is 1. The van der Waals surface area contributed by atoms with Gasteiger partial charge in [0.05, 0.1) is 6.61 Å². The van der Waals surface area contributed by atoms with Gasteiger partial charge in [0, 0.05) is 18.7 Å². The van der Waals surface area contributed by atoms with Crippen molar-refractivity contribution in [2.45, 2.75) is 38.6 Å². The van der Waals surface area contributed by atoms with Crippen LogP contribution in [0.25, 0.3) is 6.08 Å². The van der Waals surface area contributed by atoms with E-state index < -0.39 is 0 Å². The highest BCUT2D eigenvalue weighted by Crippen LogP contribution is 2.16. The Labute approximate surface area is 127 Å². The van der Waals surface area contributed by atoms with Crippen LogP contribution in [0.3, 0.4) is 0 Å². The standard InChI is InChI=1S/C18H25NO2/c1-16-8-5-6-13-19(16)14-7-15-21-18(20)12-11-17-9-3-2-4-10-17/h2-4,9-12,16H,5-8,13-15H2,1H3/b12-11+. The molecule has 1 heterocycles. The largest absolute Gasteiger partial charge is 0.462 e. The van der Waals surface area contributed by atoms with Crippen molar-refractivity contribution < 1.29 is 9.53 Å². The predicted octanol–water partition coefficient (Wildman–Crippen LogP) is 3.51. The quantitative estimate of drug-likeness (QED) is 0.455. The van der Waals surface area contributed by atoms with Gasteiger partial charge in [-0.3, -0.25) is 0 Å². The van der Waals surface area contributed by atoms with Gasteiger partial charge in [-0.2, -0.15) is 0 Å². The van der Waals surface area contributed by atoms with E-state index >= 15 is 0 Å². The average Bonchev–Trinajstić information content (AvgIpc) is 2.52. The van der Waals surface area contributed by atoms with Crippen molar-refractivity contribution in [3.8, 4) is 0 Å². The normalized spacial score (nSPS) is 19.8. The molecule has 1 atom stereocenters. The van der Waals surface area contributed by atoms with Gasteiger partial charge in [-0.15, -0.1) is 0 Å². The third-order valence-electron chi connectivity index (χ3n) is 3.99. The molecule has 1 unspecified atom stereocenters. The smallest absolute Gasteiger partial charge is 0.330 e. The van der Waals surface area contributed by atoms with E-state index in [1.54, 1.807) is 6.08 Å². The van der Waals surface area contributed by atoms with Gasteiger partial charge in [-0.05, 0) is 44.4 Å². The number of benzene rings is 1. The topological polar surface area (TPSA) is 29.5 Å². The van der Waals surface area contributed by atoms with Crippen molar-refractivity contribution in [1.29, 1.82) is 0 Å². The minimum atomic E-state index is -0.259. The van der Waals surface area contributed by atoms with Crippen molar-refractivity contribution in [1.82, 2.24) is 4.90 Å². The Morgan fingerprint density at radius 2 is 2.14 bits per heavy atom. The minimum Gasteiger partial charge on any atom is -0.462 e. The summed E-state index contributed by atoms with van der Waals surface area (Å²) in [5, 5.41) is 0. The molecule has 0 N–H and O–H groups in total. The number of piperidine rings is 1. The van der Waals surface area contributed by atoms with Crippen LogP contribution in [0.5, 0.6) is 0 Å². The molecule has 3 heteroatoms. The van der Waals surface area contributed by atoms with Gasteiger partial charge in [0.1, 0.15) is 0 Å². The number of esters is 1. The summed E-state index contributed by atoms with van der Waals surface area (Å²) in [5.41, 5.74) is 1.01. The van der Waals surface area contributed by atoms with E-state index in [-0.39, 0.29) is 5.97 Å². The second-order valence-electron chi connectivity index (χ2n) is 5.65. The van der Waals surface area contributed by atoms with Gasteiger partial charge < -0.3 is 9.64 Å². The molecule has 0 bridgehead atoms. The van der Waals surface area contributed by atoms with Crippen molar-refractivity contribution in [2.75, 3.05) is 19.7 Å². The Morgan fingerprint density at radius 1 is 1.33 bits per heavy atom. The first kappa shape index (κ1) is 15.8. The molecule has 0 aromatic heterocycles. The Bertz CT molecular complexity index is 456. The maximum atomic E-state index is 11.6. The zero-order valence-corrected chi connectivity index (χ0v) is 12.8. The first-order valence-electron chi connectivity index (χ1n) is 7.89. The lowest BCUT2D eigenvalue weighted by molar-refractivity contribution is -0.137. The van der Waals surface area contributed by atoms with Crippen LogP contribution in [0, 0.1) is 0 Å². The van der Waals surface area contributed by atoms with Crippen LogP contribution in [0.1, 0.15) is 38.2 Å². The van der Waals surface area contributed by atoms with E-state index in [1.807, 2.05) is 30.3 Å². The average molecular weight is 287 g/mol. The van der Waals surface area contributed by atoms with Crippen LogP contribution in [0.15, 0.2) is 36.4 Å². The first-order valence-corrected chi connectivity index (χ1v) is 7.89. The summed E-state index contributed by atoms with van der Waals surface area (Å²) in [6, 6.07) is 10.4. The number of hydrogen-bond acceptors (Lipinski definition) is 3. The van der Waals surface area contributed by atoms with Gasteiger partial charge in [0.15, 0.2) is 0 Å². The minimum absolute atomic E-state index is 0.259. The Balaban J connectivity index is 1.62. The lowest BCUT2D eigenvalue weighted by Crippen LogP contribution is -2.38. The first-order chi connectivity index (χ1) is 10.3. The summed E-state index contributed by atoms with van der Waals surface area (Å²) in [6.45, 7) is 4.99. The molecule has 0 aliphatic carbocycles. The van der Waals surface area contributed by atoms with E-state index in [2.05, 4.69) is 11.8 Å². The molecular formula is C18H25NO2. The molecule has 21 heavy (non-hydrogen) atoms. The van der Waals surface area contributed by atoms with E-state index in [0.717, 1.165) is 18.5 Å². The molecule has 1 aromatic carbocycles. The molecule has 0 saturated carbocycles. The molecular weight excluding hydrogens is 262 g/mol. The lowest BCUT2D eigenvalue weighted by atomic mass is 10.0. The summed E-state index contributed by atoms with van der Waals surface area (Å²) < 4.78 is 5.24.